The van der Waals surface area contributed by atoms with Crippen molar-refractivity contribution in [2.75, 3.05) is 12.7 Å². The van der Waals surface area contributed by atoms with E-state index in [1.165, 1.54) is 0 Å². The van der Waals surface area contributed by atoms with Crippen molar-refractivity contribution < 1.29 is 8.42 Å². The molecule has 0 spiro atoms. The molecular weight excluding hydrogens is 113 g/mol. The van der Waals surface area contributed by atoms with Crippen LogP contribution in [0.1, 0.15) is 0 Å². The van der Waals surface area contributed by atoms with Gasteiger partial charge in [0.05, 0.1) is 14.1 Å². The first-order valence-electron chi connectivity index (χ1n) is 1.71. The summed E-state index contributed by atoms with van der Waals surface area (Å²) in [5, 5.41) is 0. The van der Waals surface area contributed by atoms with Crippen LogP contribution < -0.4 is 4.72 Å². The van der Waals surface area contributed by atoms with Gasteiger partial charge >= 0.3 is 0 Å². The third-order valence-corrected chi connectivity index (χ3v) is 1.04. The maximum Gasteiger partial charge on any atom is 0.208 e. The third-order valence-electron chi connectivity index (χ3n) is 0.346. The van der Waals surface area contributed by atoms with Crippen molar-refractivity contribution >= 4 is 17.9 Å². The van der Waals surface area contributed by atoms with Crippen LogP contribution in [0.5, 0.6) is 0 Å². The van der Waals surface area contributed by atoms with Gasteiger partial charge in [-0.2, -0.15) is 0 Å². The maximum absolute atomic E-state index is 10.0. The van der Waals surface area contributed by atoms with Crippen LogP contribution in [0, 0.1) is 0 Å². The molecule has 2 radical (unpaired) electrons. The molecule has 0 aliphatic heterocycles. The number of nitrogens with one attached hydrogen (secondary N) is 1. The fraction of sp³-hybridized carbons (Fsp3) is 1.00. The molecule has 0 saturated carbocycles. The summed E-state index contributed by atoms with van der Waals surface area (Å²) in [6.45, 7) is 0. The summed E-state index contributed by atoms with van der Waals surface area (Å²) in [6, 6.07) is 0. The standard InChI is InChI=1S/C2H6BNO2S/c1-7(5,6)4-2-3/h4H,2H2,1H3. The second-order valence-corrected chi connectivity index (χ2v) is 2.95. The predicted molar refractivity (Wildman–Crippen MR) is 28.6 cm³/mol. The van der Waals surface area contributed by atoms with Crippen molar-refractivity contribution in [3.8, 4) is 0 Å². The molecule has 1 N–H and O–H groups in total. The van der Waals surface area contributed by atoms with Crippen LogP contribution in [0.4, 0.5) is 0 Å². The lowest BCUT2D eigenvalue weighted by atomic mass is 10.2. The van der Waals surface area contributed by atoms with Gasteiger partial charge in [0.25, 0.3) is 0 Å². The van der Waals surface area contributed by atoms with Crippen molar-refractivity contribution in [1.82, 2.24) is 4.72 Å². The van der Waals surface area contributed by atoms with E-state index in [1.54, 1.807) is 0 Å². The zero-order valence-corrected chi connectivity index (χ0v) is 4.83. The van der Waals surface area contributed by atoms with Gasteiger partial charge in [0.1, 0.15) is 0 Å². The van der Waals surface area contributed by atoms with E-state index < -0.39 is 10.0 Å². The van der Waals surface area contributed by atoms with Gasteiger partial charge < -0.3 is 0 Å². The van der Waals surface area contributed by atoms with Gasteiger partial charge in [-0.3, -0.25) is 0 Å². The molecule has 0 unspecified atom stereocenters. The first-order chi connectivity index (χ1) is 3.06. The van der Waals surface area contributed by atoms with Gasteiger partial charge in [-0.25, -0.2) is 13.1 Å². The largest absolute Gasteiger partial charge is 0.224 e. The molecule has 0 saturated heterocycles. The van der Waals surface area contributed by atoms with Crippen LogP contribution >= 0.6 is 0 Å². The maximum atomic E-state index is 10.0. The Labute approximate surface area is 44.6 Å². The minimum atomic E-state index is -3.05. The first-order valence-corrected chi connectivity index (χ1v) is 3.60. The topological polar surface area (TPSA) is 46.2 Å². The lowest BCUT2D eigenvalue weighted by Gasteiger charge is -1.91. The molecule has 0 aliphatic rings. The molecule has 0 fully saturated rings. The quantitative estimate of drug-likeness (QED) is 0.457. The fourth-order valence-corrected chi connectivity index (χ4v) is 0.454. The van der Waals surface area contributed by atoms with Crippen molar-refractivity contribution in [3.05, 3.63) is 0 Å². The molecule has 3 nitrogen and oxygen atoms in total. The number of rotatable bonds is 2. The van der Waals surface area contributed by atoms with Crippen LogP contribution in [0.2, 0.25) is 0 Å². The second kappa shape index (κ2) is 2.33. The Hall–Kier alpha value is -0.0251. The summed E-state index contributed by atoms with van der Waals surface area (Å²) in [5.41, 5.74) is 0. The highest BCUT2D eigenvalue weighted by molar-refractivity contribution is 7.88. The molecule has 5 heteroatoms. The molecule has 0 aliphatic carbocycles. The molecular formula is C2H6BNO2S. The minimum Gasteiger partial charge on any atom is -0.224 e. The van der Waals surface area contributed by atoms with Crippen molar-refractivity contribution in [1.29, 1.82) is 0 Å². The van der Waals surface area contributed by atoms with Crippen LogP contribution in [0.3, 0.4) is 0 Å². The normalized spacial score (nSPS) is 11.6. The van der Waals surface area contributed by atoms with E-state index in [0.717, 1.165) is 6.26 Å². The Morgan fingerprint density at radius 2 is 2.14 bits per heavy atom. The summed E-state index contributed by atoms with van der Waals surface area (Å²) in [6.07, 6.45) is 1.03. The number of sulfonamides is 1. The van der Waals surface area contributed by atoms with Gasteiger partial charge in [-0.1, -0.05) is 0 Å². The Morgan fingerprint density at radius 3 is 2.14 bits per heavy atom. The van der Waals surface area contributed by atoms with E-state index in [0.29, 0.717) is 0 Å². The molecule has 0 aromatic rings. The van der Waals surface area contributed by atoms with Gasteiger partial charge in [-0.15, -0.1) is 0 Å². The van der Waals surface area contributed by atoms with Crippen LogP contribution in [0.25, 0.3) is 0 Å². The summed E-state index contributed by atoms with van der Waals surface area (Å²) in [4.78, 5) is 0. The molecule has 7 heavy (non-hydrogen) atoms. The molecule has 0 atom stereocenters. The molecule has 0 bridgehead atoms. The number of hydrogen-bond donors (Lipinski definition) is 1. The monoisotopic (exact) mass is 119 g/mol. The van der Waals surface area contributed by atoms with Crippen LogP contribution in [0.15, 0.2) is 0 Å². The van der Waals surface area contributed by atoms with Crippen LogP contribution in [-0.2, 0) is 10.0 Å². The summed E-state index contributed by atoms with van der Waals surface area (Å²) >= 11 is 0. The highest BCUT2D eigenvalue weighted by Crippen LogP contribution is 1.66. The van der Waals surface area contributed by atoms with Crippen molar-refractivity contribution in [2.45, 2.75) is 0 Å². The van der Waals surface area contributed by atoms with E-state index in [-0.39, 0.29) is 6.44 Å². The Morgan fingerprint density at radius 1 is 1.71 bits per heavy atom. The SMILES string of the molecule is [B]CNS(C)(=O)=O. The van der Waals surface area contributed by atoms with E-state index >= 15 is 0 Å². The Kier molecular flexibility index (Phi) is 2.32. The molecule has 40 valence electrons. The summed E-state index contributed by atoms with van der Waals surface area (Å²) in [5.74, 6) is 0. The lowest BCUT2D eigenvalue weighted by molar-refractivity contribution is 0.593. The van der Waals surface area contributed by atoms with E-state index in [9.17, 15) is 8.42 Å². The third kappa shape index (κ3) is 5.97. The smallest absolute Gasteiger partial charge is 0.208 e. The Bertz CT molecular complexity index is 129. The highest BCUT2D eigenvalue weighted by Gasteiger charge is 1.92. The van der Waals surface area contributed by atoms with E-state index in [1.807, 2.05) is 4.72 Å². The van der Waals surface area contributed by atoms with Crippen LogP contribution in [-0.4, -0.2) is 29.0 Å². The molecule has 0 aromatic carbocycles. The number of hydrogen-bond acceptors (Lipinski definition) is 2. The molecule has 0 rings (SSSR count). The van der Waals surface area contributed by atoms with Gasteiger partial charge in [0.15, 0.2) is 0 Å². The van der Waals surface area contributed by atoms with Crippen molar-refractivity contribution in [3.63, 3.8) is 0 Å². The fourth-order valence-electron chi connectivity index (χ4n) is 0.151. The average molecular weight is 119 g/mol. The summed E-state index contributed by atoms with van der Waals surface area (Å²) < 4.78 is 22.1. The van der Waals surface area contributed by atoms with Gasteiger partial charge in [0, 0.05) is 0 Å². The molecule has 0 heterocycles. The second-order valence-electron chi connectivity index (χ2n) is 1.12. The molecule has 0 amide bonds. The summed E-state index contributed by atoms with van der Waals surface area (Å²) in [7, 11) is 1.78. The predicted octanol–water partition coefficient (Wildman–Crippen LogP) is -1.34. The van der Waals surface area contributed by atoms with Gasteiger partial charge in [-0.05, 0) is 6.44 Å². The van der Waals surface area contributed by atoms with E-state index in [2.05, 4.69) is 0 Å². The van der Waals surface area contributed by atoms with Gasteiger partial charge in [0.2, 0.25) is 10.0 Å². The first kappa shape index (κ1) is 6.97. The lowest BCUT2D eigenvalue weighted by Crippen LogP contribution is -2.22. The highest BCUT2D eigenvalue weighted by atomic mass is 32.2. The minimum absolute atomic E-state index is 0.0289. The zero-order chi connectivity index (χ0) is 5.91. The average Bonchev–Trinajstić information content (AvgIpc) is 1.30. The van der Waals surface area contributed by atoms with E-state index in [4.69, 9.17) is 7.85 Å². The molecule has 0 aromatic heterocycles. The zero-order valence-electron chi connectivity index (χ0n) is 4.01. The van der Waals surface area contributed by atoms with Crippen molar-refractivity contribution in [2.24, 2.45) is 0 Å². The Balaban J connectivity index is 3.60.